The Balaban J connectivity index is 3.98. The SMILES string of the molecule is CCCC(CNC)NC(=O)CCC(=O)NCC(=O)OCC(=O)CNC(=O)CC(C)=O. The largest absolute Gasteiger partial charge is 0.456 e. The number of esters is 1. The molecule has 0 aromatic heterocycles. The van der Waals surface area contributed by atoms with Gasteiger partial charge in [0, 0.05) is 25.4 Å². The van der Waals surface area contributed by atoms with Gasteiger partial charge in [-0.2, -0.15) is 0 Å². The maximum absolute atomic E-state index is 11.9. The Kier molecular flexibility index (Phi) is 14.5. The third kappa shape index (κ3) is 15.1. The average Bonchev–Trinajstić information content (AvgIpc) is 2.67. The molecule has 170 valence electrons. The normalized spacial score (nSPS) is 11.2. The van der Waals surface area contributed by atoms with Crippen LogP contribution in [0.25, 0.3) is 0 Å². The molecule has 0 aliphatic carbocycles. The number of hydrogen-bond acceptors (Lipinski definition) is 8. The Labute approximate surface area is 176 Å². The lowest BCUT2D eigenvalue weighted by Gasteiger charge is -2.17. The smallest absolute Gasteiger partial charge is 0.325 e. The van der Waals surface area contributed by atoms with E-state index in [9.17, 15) is 28.8 Å². The molecule has 0 aromatic carbocycles. The number of hydrogen-bond donors (Lipinski definition) is 4. The van der Waals surface area contributed by atoms with Gasteiger partial charge >= 0.3 is 5.97 Å². The fourth-order valence-electron chi connectivity index (χ4n) is 2.35. The summed E-state index contributed by atoms with van der Waals surface area (Å²) in [5.74, 6) is -3.06. The summed E-state index contributed by atoms with van der Waals surface area (Å²) in [4.78, 5) is 68.7. The van der Waals surface area contributed by atoms with Gasteiger partial charge in [0.1, 0.15) is 12.3 Å². The molecule has 3 amide bonds. The highest BCUT2D eigenvalue weighted by Crippen LogP contribution is 1.97. The van der Waals surface area contributed by atoms with E-state index in [4.69, 9.17) is 4.74 Å². The molecule has 11 heteroatoms. The molecule has 0 aromatic rings. The van der Waals surface area contributed by atoms with Gasteiger partial charge in [0.25, 0.3) is 0 Å². The second kappa shape index (κ2) is 16.0. The van der Waals surface area contributed by atoms with E-state index in [1.807, 2.05) is 6.92 Å². The first-order valence-corrected chi connectivity index (χ1v) is 9.82. The number of nitrogens with one attached hydrogen (secondary N) is 4. The van der Waals surface area contributed by atoms with Crippen molar-refractivity contribution in [2.45, 2.75) is 52.0 Å². The molecule has 0 saturated heterocycles. The van der Waals surface area contributed by atoms with E-state index in [1.165, 1.54) is 6.92 Å². The first-order valence-electron chi connectivity index (χ1n) is 9.82. The van der Waals surface area contributed by atoms with Gasteiger partial charge in [-0.05, 0) is 20.4 Å². The van der Waals surface area contributed by atoms with Crippen molar-refractivity contribution in [1.29, 1.82) is 0 Å². The van der Waals surface area contributed by atoms with E-state index in [1.54, 1.807) is 7.05 Å². The standard InChI is InChI=1S/C19H32N4O7/c1-4-5-14(9-20-3)23-17(27)7-6-16(26)22-11-19(29)30-12-15(25)10-21-18(28)8-13(2)24/h14,20H,4-12H2,1-3H3,(H,21,28)(H,22,26)(H,23,27). The van der Waals surface area contributed by atoms with E-state index in [0.717, 1.165) is 12.8 Å². The minimum Gasteiger partial charge on any atom is -0.456 e. The number of Topliss-reactive ketones (excluding diaryl/α,β-unsaturated/α-hetero) is 2. The quantitative estimate of drug-likeness (QED) is 0.172. The summed E-state index contributed by atoms with van der Waals surface area (Å²) in [5, 5.41) is 10.4. The van der Waals surface area contributed by atoms with Crippen LogP contribution in [0.1, 0.15) is 46.0 Å². The summed E-state index contributed by atoms with van der Waals surface area (Å²) in [5.41, 5.74) is 0. The number of ether oxygens (including phenoxy) is 1. The minimum atomic E-state index is -0.826. The summed E-state index contributed by atoms with van der Waals surface area (Å²) in [6, 6.07) is -0.00433. The summed E-state index contributed by atoms with van der Waals surface area (Å²) in [6.45, 7) is 2.52. The van der Waals surface area contributed by atoms with Crippen LogP contribution in [0.3, 0.4) is 0 Å². The zero-order chi connectivity index (χ0) is 22.9. The van der Waals surface area contributed by atoms with Crippen molar-refractivity contribution in [1.82, 2.24) is 21.3 Å². The third-order valence-electron chi connectivity index (χ3n) is 3.75. The van der Waals surface area contributed by atoms with Gasteiger partial charge in [-0.1, -0.05) is 13.3 Å². The van der Waals surface area contributed by atoms with Crippen LogP contribution in [-0.4, -0.2) is 74.6 Å². The summed E-state index contributed by atoms with van der Waals surface area (Å²) in [6.07, 6.45) is 1.32. The number of ketones is 2. The number of likely N-dealkylation sites (N-methyl/N-ethyl adjacent to an activating group) is 1. The molecule has 30 heavy (non-hydrogen) atoms. The number of rotatable bonds is 16. The van der Waals surface area contributed by atoms with E-state index >= 15 is 0 Å². The molecule has 0 aliphatic heterocycles. The summed E-state index contributed by atoms with van der Waals surface area (Å²) < 4.78 is 4.69. The molecule has 0 radical (unpaired) electrons. The molecule has 4 N–H and O–H groups in total. The van der Waals surface area contributed by atoms with Gasteiger partial charge < -0.3 is 26.0 Å². The monoisotopic (exact) mass is 428 g/mol. The zero-order valence-electron chi connectivity index (χ0n) is 17.8. The van der Waals surface area contributed by atoms with Gasteiger partial charge in [-0.25, -0.2) is 0 Å². The molecule has 0 heterocycles. The molecular formula is C19H32N4O7. The van der Waals surface area contributed by atoms with Crippen LogP contribution in [0.4, 0.5) is 0 Å². The van der Waals surface area contributed by atoms with Crippen molar-refractivity contribution in [3.05, 3.63) is 0 Å². The summed E-state index contributed by atoms with van der Waals surface area (Å²) >= 11 is 0. The van der Waals surface area contributed by atoms with Crippen molar-refractivity contribution < 1.29 is 33.5 Å². The molecular weight excluding hydrogens is 396 g/mol. The number of carbonyl (C=O) groups is 6. The van der Waals surface area contributed by atoms with Crippen molar-refractivity contribution in [2.75, 3.05) is 33.3 Å². The Morgan fingerprint density at radius 1 is 0.900 bits per heavy atom. The van der Waals surface area contributed by atoms with Crippen molar-refractivity contribution in [3.8, 4) is 0 Å². The second-order valence-corrected chi connectivity index (χ2v) is 6.74. The zero-order valence-corrected chi connectivity index (χ0v) is 17.8. The number of carbonyl (C=O) groups excluding carboxylic acids is 6. The van der Waals surface area contributed by atoms with Crippen LogP contribution in [0.2, 0.25) is 0 Å². The molecule has 0 bridgehead atoms. The predicted molar refractivity (Wildman–Crippen MR) is 107 cm³/mol. The minimum absolute atomic E-state index is 0.00433. The van der Waals surface area contributed by atoms with Crippen LogP contribution in [0.15, 0.2) is 0 Å². The van der Waals surface area contributed by atoms with Gasteiger partial charge in [-0.15, -0.1) is 0 Å². The highest BCUT2D eigenvalue weighted by atomic mass is 16.5. The highest BCUT2D eigenvalue weighted by Gasteiger charge is 2.14. The lowest BCUT2D eigenvalue weighted by atomic mass is 10.1. The fourth-order valence-corrected chi connectivity index (χ4v) is 2.35. The lowest BCUT2D eigenvalue weighted by Crippen LogP contribution is -2.41. The van der Waals surface area contributed by atoms with E-state index in [-0.39, 0.29) is 43.5 Å². The van der Waals surface area contributed by atoms with Crippen molar-refractivity contribution in [2.24, 2.45) is 0 Å². The molecule has 0 aliphatic rings. The maximum Gasteiger partial charge on any atom is 0.325 e. The fraction of sp³-hybridized carbons (Fsp3) is 0.684. The van der Waals surface area contributed by atoms with Crippen LogP contribution < -0.4 is 21.3 Å². The van der Waals surface area contributed by atoms with Crippen molar-refractivity contribution in [3.63, 3.8) is 0 Å². The Hall–Kier alpha value is -2.82. The van der Waals surface area contributed by atoms with Gasteiger partial charge in [0.15, 0.2) is 12.4 Å². The van der Waals surface area contributed by atoms with Crippen LogP contribution in [0, 0.1) is 0 Å². The highest BCUT2D eigenvalue weighted by molar-refractivity contribution is 5.98. The predicted octanol–water partition coefficient (Wildman–Crippen LogP) is -1.41. The van der Waals surface area contributed by atoms with Gasteiger partial charge in [0.05, 0.1) is 13.0 Å². The van der Waals surface area contributed by atoms with E-state index in [0.29, 0.717) is 6.54 Å². The molecule has 0 saturated carbocycles. The van der Waals surface area contributed by atoms with Crippen LogP contribution in [-0.2, 0) is 33.5 Å². The Morgan fingerprint density at radius 2 is 1.53 bits per heavy atom. The molecule has 1 unspecified atom stereocenters. The Morgan fingerprint density at radius 3 is 2.13 bits per heavy atom. The number of amides is 3. The van der Waals surface area contributed by atoms with Crippen molar-refractivity contribution >= 4 is 35.3 Å². The summed E-state index contributed by atoms with van der Waals surface area (Å²) in [7, 11) is 1.79. The first-order chi connectivity index (χ1) is 14.2. The molecule has 0 spiro atoms. The second-order valence-electron chi connectivity index (χ2n) is 6.74. The van der Waals surface area contributed by atoms with Gasteiger partial charge in [0.2, 0.25) is 17.7 Å². The van der Waals surface area contributed by atoms with Crippen LogP contribution in [0.5, 0.6) is 0 Å². The topological polar surface area (TPSA) is 160 Å². The van der Waals surface area contributed by atoms with E-state index < -0.39 is 36.7 Å². The lowest BCUT2D eigenvalue weighted by molar-refractivity contribution is -0.147. The Bertz CT molecular complexity index is 616. The molecule has 0 rings (SSSR count). The van der Waals surface area contributed by atoms with Crippen LogP contribution >= 0.6 is 0 Å². The first kappa shape index (κ1) is 27.2. The molecule has 1 atom stereocenters. The van der Waals surface area contributed by atoms with E-state index in [2.05, 4.69) is 21.3 Å². The molecule has 11 nitrogen and oxygen atoms in total. The van der Waals surface area contributed by atoms with Gasteiger partial charge in [-0.3, -0.25) is 28.8 Å². The molecule has 0 fully saturated rings. The average molecular weight is 428 g/mol. The maximum atomic E-state index is 11.9. The third-order valence-corrected chi connectivity index (χ3v) is 3.75.